The first-order chi connectivity index (χ1) is 31.7. The molecular weight excluding hydrogens is 773 g/mol. The number of hydrogen-bond acceptors (Lipinski definition) is 1. The maximum Gasteiger partial charge on any atom is 0.0625 e. The highest BCUT2D eigenvalue weighted by Gasteiger charge is 2.21. The maximum absolute atomic E-state index is 3.49. The third kappa shape index (κ3) is 6.47. The Morgan fingerprint density at radius 1 is 0.344 bits per heavy atom. The van der Waals surface area contributed by atoms with Crippen LogP contribution in [0.3, 0.4) is 0 Å². The Morgan fingerprint density at radius 3 is 1.66 bits per heavy atom. The van der Waals surface area contributed by atoms with Crippen molar-refractivity contribution in [2.45, 2.75) is 0 Å². The molecule has 1 aliphatic carbocycles. The van der Waals surface area contributed by atoms with Crippen LogP contribution in [0.1, 0.15) is 11.1 Å². The molecule has 0 radical (unpaired) electrons. The van der Waals surface area contributed by atoms with Gasteiger partial charge in [-0.2, -0.15) is 0 Å². The van der Waals surface area contributed by atoms with Gasteiger partial charge in [-0.3, -0.25) is 0 Å². The summed E-state index contributed by atoms with van der Waals surface area (Å²) in [5.41, 5.74) is 22.8. The highest BCUT2D eigenvalue weighted by Crippen LogP contribution is 2.45. The first-order valence-electron chi connectivity index (χ1n) is 21.8. The average Bonchev–Trinajstić information content (AvgIpc) is 3.73. The second-order valence-corrected chi connectivity index (χ2v) is 16.3. The van der Waals surface area contributed by atoms with Crippen molar-refractivity contribution in [3.05, 3.63) is 265 Å². The van der Waals surface area contributed by atoms with E-state index >= 15 is 0 Å². The van der Waals surface area contributed by atoms with Crippen LogP contribution < -0.4 is 4.90 Å². The minimum atomic E-state index is 1.01. The van der Waals surface area contributed by atoms with Crippen LogP contribution >= 0.6 is 0 Å². The average molecular weight is 813 g/mol. The first-order valence-corrected chi connectivity index (χ1v) is 21.8. The number of fused-ring (bicyclic) bond motifs is 6. The minimum Gasteiger partial charge on any atom is -0.310 e. The number of allylic oxidation sites excluding steroid dienone is 4. The van der Waals surface area contributed by atoms with Gasteiger partial charge in [0.15, 0.2) is 0 Å². The molecule has 298 valence electrons. The zero-order valence-corrected chi connectivity index (χ0v) is 35.0. The number of hydrogen-bond donors (Lipinski definition) is 0. The van der Waals surface area contributed by atoms with E-state index in [4.69, 9.17) is 0 Å². The summed E-state index contributed by atoms with van der Waals surface area (Å²) in [5, 5.41) is 7.36. The van der Waals surface area contributed by atoms with Gasteiger partial charge in [0.1, 0.15) is 0 Å². The number of rotatable bonds is 8. The molecule has 0 saturated heterocycles. The van der Waals surface area contributed by atoms with E-state index in [-0.39, 0.29) is 0 Å². The summed E-state index contributed by atoms with van der Waals surface area (Å²) in [6.07, 6.45) is 4.32. The molecule has 0 fully saturated rings. The molecule has 0 aliphatic heterocycles. The number of para-hydroxylation sites is 2. The molecule has 0 unspecified atom stereocenters. The Balaban J connectivity index is 1.00. The third-order valence-corrected chi connectivity index (χ3v) is 12.6. The van der Waals surface area contributed by atoms with Gasteiger partial charge >= 0.3 is 0 Å². The Bertz CT molecular complexity index is 3700. The summed E-state index contributed by atoms with van der Waals surface area (Å²) in [6.45, 7) is 0. The van der Waals surface area contributed by atoms with E-state index in [1.165, 1.54) is 65.6 Å². The van der Waals surface area contributed by atoms with Crippen LogP contribution in [-0.2, 0) is 0 Å². The lowest BCUT2D eigenvalue weighted by Crippen LogP contribution is -2.10. The van der Waals surface area contributed by atoms with Crippen molar-refractivity contribution in [1.82, 2.24) is 4.57 Å². The lowest BCUT2D eigenvalue weighted by atomic mass is 9.94. The molecule has 12 rings (SSSR count). The zero-order valence-electron chi connectivity index (χ0n) is 35.0. The normalized spacial score (nSPS) is 12.2. The molecule has 0 saturated carbocycles. The van der Waals surface area contributed by atoms with Crippen LogP contribution in [0.15, 0.2) is 254 Å². The molecule has 0 spiro atoms. The fourth-order valence-electron chi connectivity index (χ4n) is 9.56. The standard InChI is InChI=1S/C62H40N2/c1-3-15-43(16-4-1)45-33-37-52(38-34-45)63(53-39-35-46(36-40-53)44-29-31-48(32-30-44)56-27-14-19-47-17-7-9-24-55(47)56)54-23-13-20-49(41-54)59-42-50-18-8-10-25-57(50)62-61(59)58-26-11-12-28-60(58)64(62)51-21-5-2-6-22-51/h1-29,31,33-42H. The Labute approximate surface area is 372 Å². The largest absolute Gasteiger partial charge is 0.310 e. The van der Waals surface area contributed by atoms with Gasteiger partial charge in [0.2, 0.25) is 0 Å². The minimum absolute atomic E-state index is 1.01. The van der Waals surface area contributed by atoms with Crippen molar-refractivity contribution >= 4 is 71.6 Å². The first kappa shape index (κ1) is 37.1. The van der Waals surface area contributed by atoms with Gasteiger partial charge in [-0.1, -0.05) is 181 Å². The van der Waals surface area contributed by atoms with Crippen LogP contribution in [0.5, 0.6) is 0 Å². The molecule has 2 heteroatoms. The predicted molar refractivity (Wildman–Crippen MR) is 271 cm³/mol. The number of aromatic nitrogens is 1. The van der Waals surface area contributed by atoms with E-state index in [1.807, 2.05) is 0 Å². The summed E-state index contributed by atoms with van der Waals surface area (Å²) in [7, 11) is 0. The molecule has 0 N–H and O–H groups in total. The summed E-state index contributed by atoms with van der Waals surface area (Å²) >= 11 is 0. The molecule has 0 bridgehead atoms. The molecule has 10 aromatic carbocycles. The van der Waals surface area contributed by atoms with Crippen molar-refractivity contribution in [3.63, 3.8) is 0 Å². The van der Waals surface area contributed by atoms with Crippen molar-refractivity contribution in [1.29, 1.82) is 0 Å². The molecule has 0 atom stereocenters. The summed E-state index contributed by atoms with van der Waals surface area (Å²) in [4.78, 5) is 2.37. The Morgan fingerprint density at radius 2 is 0.906 bits per heavy atom. The summed E-state index contributed by atoms with van der Waals surface area (Å²) in [6, 6.07) is 83.1. The zero-order chi connectivity index (χ0) is 42.4. The Hall–Kier alpha value is -8.64. The van der Waals surface area contributed by atoms with Crippen molar-refractivity contribution in [2.75, 3.05) is 4.90 Å². The molecule has 11 aromatic rings. The van der Waals surface area contributed by atoms with E-state index in [9.17, 15) is 0 Å². The maximum atomic E-state index is 3.49. The highest BCUT2D eigenvalue weighted by molar-refractivity contribution is 6.24. The summed E-state index contributed by atoms with van der Waals surface area (Å²) in [5.74, 6) is 0. The topological polar surface area (TPSA) is 8.17 Å². The third-order valence-electron chi connectivity index (χ3n) is 12.6. The van der Waals surface area contributed by atoms with Crippen molar-refractivity contribution < 1.29 is 0 Å². The smallest absolute Gasteiger partial charge is 0.0625 e. The number of nitrogens with zero attached hydrogens (tertiary/aromatic N) is 2. The quantitative estimate of drug-likeness (QED) is 0.139. The van der Waals surface area contributed by atoms with Gasteiger partial charge in [0, 0.05) is 50.1 Å². The van der Waals surface area contributed by atoms with E-state index in [2.05, 4.69) is 264 Å². The highest BCUT2D eigenvalue weighted by atomic mass is 15.1. The van der Waals surface area contributed by atoms with Crippen LogP contribution in [-0.4, -0.2) is 4.57 Å². The fraction of sp³-hybridized carbons (Fsp3) is 0. The van der Waals surface area contributed by atoms with E-state index in [0.717, 1.165) is 45.0 Å². The lowest BCUT2D eigenvalue weighted by molar-refractivity contribution is 1.19. The van der Waals surface area contributed by atoms with E-state index in [1.54, 1.807) is 0 Å². The Kier molecular flexibility index (Phi) is 9.10. The number of anilines is 3. The predicted octanol–water partition coefficient (Wildman–Crippen LogP) is 16.7. The van der Waals surface area contributed by atoms with E-state index in [0.29, 0.717) is 0 Å². The van der Waals surface area contributed by atoms with Crippen LogP contribution in [0.2, 0.25) is 0 Å². The molecule has 1 heterocycles. The van der Waals surface area contributed by atoms with Crippen LogP contribution in [0.4, 0.5) is 17.1 Å². The van der Waals surface area contributed by atoms with Gasteiger partial charge in [-0.05, 0) is 122 Å². The van der Waals surface area contributed by atoms with Crippen molar-refractivity contribution in [3.8, 4) is 27.9 Å². The summed E-state index contributed by atoms with van der Waals surface area (Å²) < 4.78 is 2.44. The van der Waals surface area contributed by atoms with Gasteiger partial charge < -0.3 is 9.47 Å². The van der Waals surface area contributed by atoms with Gasteiger partial charge in [-0.15, -0.1) is 0 Å². The molecule has 2 nitrogen and oxygen atoms in total. The van der Waals surface area contributed by atoms with E-state index < -0.39 is 0 Å². The second-order valence-electron chi connectivity index (χ2n) is 16.3. The molecule has 1 aliphatic rings. The van der Waals surface area contributed by atoms with Gasteiger partial charge in [0.25, 0.3) is 0 Å². The van der Waals surface area contributed by atoms with Gasteiger partial charge in [-0.25, -0.2) is 0 Å². The molecule has 1 aromatic heterocycles. The fourth-order valence-corrected chi connectivity index (χ4v) is 9.56. The van der Waals surface area contributed by atoms with Crippen molar-refractivity contribution in [2.24, 2.45) is 0 Å². The molecular formula is C62H40N2. The van der Waals surface area contributed by atoms with Crippen LogP contribution in [0.25, 0.3) is 82.4 Å². The lowest BCUT2D eigenvalue weighted by Gasteiger charge is -2.26. The monoisotopic (exact) mass is 812 g/mol. The molecule has 0 amide bonds. The molecule has 64 heavy (non-hydrogen) atoms. The van der Waals surface area contributed by atoms with Gasteiger partial charge in [0.05, 0.1) is 11.0 Å². The number of benzene rings is 10. The second kappa shape index (κ2) is 15.7. The van der Waals surface area contributed by atoms with Crippen LogP contribution in [0, 0.1) is 0 Å². The SMILES string of the molecule is C1=C=C(c2cccc3ccccc23)C=CC=1c1ccc(N(c2ccc(-c3ccccc3)cc2)c2cccc(-c3cc4ccccc4c4c3c3ccccc3n4-c3ccccc3)c2)cc1.